The number of imide groups is 1. The Balaban J connectivity index is 2.07. The Morgan fingerprint density at radius 3 is 2.20 bits per heavy atom. The van der Waals surface area contributed by atoms with E-state index in [-0.39, 0.29) is 29.6 Å². The Bertz CT molecular complexity index is 314. The molecule has 4 heteroatoms. The van der Waals surface area contributed by atoms with E-state index >= 15 is 0 Å². The lowest BCUT2D eigenvalue weighted by Gasteiger charge is -2.29. The van der Waals surface area contributed by atoms with Crippen LogP contribution in [0.25, 0.3) is 0 Å². The second-order valence-corrected chi connectivity index (χ2v) is 4.48. The third-order valence-electron chi connectivity index (χ3n) is 3.29. The predicted octanol–water partition coefficient (Wildman–Crippen LogP) is 0.893. The van der Waals surface area contributed by atoms with Gasteiger partial charge in [0.2, 0.25) is 11.8 Å². The van der Waals surface area contributed by atoms with Crippen molar-refractivity contribution >= 4 is 17.6 Å². The minimum Gasteiger partial charge on any atom is -0.300 e. The van der Waals surface area contributed by atoms with Crippen molar-refractivity contribution in [1.29, 1.82) is 0 Å². The van der Waals surface area contributed by atoms with E-state index in [1.165, 1.54) is 4.90 Å². The van der Waals surface area contributed by atoms with Crippen molar-refractivity contribution in [3.8, 4) is 0 Å². The van der Waals surface area contributed by atoms with Gasteiger partial charge in [-0.1, -0.05) is 6.92 Å². The highest BCUT2D eigenvalue weighted by atomic mass is 16.2. The zero-order valence-corrected chi connectivity index (χ0v) is 8.86. The molecule has 0 N–H and O–H groups in total. The average Bonchev–Trinajstić information content (AvgIpc) is 2.44. The maximum absolute atomic E-state index is 11.7. The van der Waals surface area contributed by atoms with Crippen molar-refractivity contribution in [2.75, 3.05) is 0 Å². The van der Waals surface area contributed by atoms with Gasteiger partial charge in [-0.05, 0) is 12.8 Å². The number of amides is 2. The first-order chi connectivity index (χ1) is 7.09. The molecule has 1 aliphatic carbocycles. The Hall–Kier alpha value is -1.19. The number of hydrogen-bond donors (Lipinski definition) is 0. The summed E-state index contributed by atoms with van der Waals surface area (Å²) < 4.78 is 0. The van der Waals surface area contributed by atoms with Crippen molar-refractivity contribution in [2.45, 2.75) is 45.1 Å². The third-order valence-corrected chi connectivity index (χ3v) is 3.29. The van der Waals surface area contributed by atoms with Gasteiger partial charge in [0.1, 0.15) is 5.78 Å². The Morgan fingerprint density at radius 2 is 1.73 bits per heavy atom. The summed E-state index contributed by atoms with van der Waals surface area (Å²) >= 11 is 0. The summed E-state index contributed by atoms with van der Waals surface area (Å²) in [5, 5.41) is 0. The number of Topliss-reactive ketones (excluding diaryl/α,β-unsaturated/α-hetero) is 1. The van der Waals surface area contributed by atoms with E-state index in [4.69, 9.17) is 0 Å². The maximum Gasteiger partial charge on any atom is 0.232 e. The molecule has 1 heterocycles. The van der Waals surface area contributed by atoms with Crippen LogP contribution in [0, 0.1) is 5.92 Å². The van der Waals surface area contributed by atoms with E-state index in [0.717, 1.165) is 0 Å². The molecular formula is C11H15NO3. The van der Waals surface area contributed by atoms with Gasteiger partial charge in [-0.2, -0.15) is 0 Å². The molecule has 0 aromatic carbocycles. The number of hydrogen-bond acceptors (Lipinski definition) is 3. The normalized spacial score (nSPS) is 29.0. The summed E-state index contributed by atoms with van der Waals surface area (Å²) in [5.74, 6) is -0.0419. The fourth-order valence-electron chi connectivity index (χ4n) is 2.37. The molecule has 4 nitrogen and oxygen atoms in total. The fourth-order valence-corrected chi connectivity index (χ4v) is 2.37. The second kappa shape index (κ2) is 3.76. The lowest BCUT2D eigenvalue weighted by atomic mass is 9.93. The molecule has 0 spiro atoms. The number of likely N-dealkylation sites (tertiary alicyclic amines) is 1. The van der Waals surface area contributed by atoms with Crippen LogP contribution in [-0.4, -0.2) is 28.5 Å². The largest absolute Gasteiger partial charge is 0.300 e. The summed E-state index contributed by atoms with van der Waals surface area (Å²) in [6.07, 6.45) is 2.67. The lowest BCUT2D eigenvalue weighted by Crippen LogP contribution is -2.42. The number of rotatable bonds is 1. The van der Waals surface area contributed by atoms with Crippen LogP contribution in [0.5, 0.6) is 0 Å². The molecule has 1 saturated heterocycles. The van der Waals surface area contributed by atoms with Crippen molar-refractivity contribution in [3.63, 3.8) is 0 Å². The molecule has 0 aromatic rings. The highest BCUT2D eigenvalue weighted by Gasteiger charge is 2.40. The molecule has 0 radical (unpaired) electrons. The number of nitrogens with zero attached hydrogens (tertiary/aromatic N) is 1. The Labute approximate surface area is 88.6 Å². The fraction of sp³-hybridized carbons (Fsp3) is 0.727. The molecule has 2 rings (SSSR count). The second-order valence-electron chi connectivity index (χ2n) is 4.48. The summed E-state index contributed by atoms with van der Waals surface area (Å²) in [7, 11) is 0. The van der Waals surface area contributed by atoms with Gasteiger partial charge in [0, 0.05) is 31.2 Å². The van der Waals surface area contributed by atoms with E-state index in [2.05, 4.69) is 0 Å². The van der Waals surface area contributed by atoms with Crippen LogP contribution in [0.2, 0.25) is 0 Å². The van der Waals surface area contributed by atoms with Gasteiger partial charge in [-0.3, -0.25) is 19.3 Å². The molecule has 1 atom stereocenters. The highest BCUT2D eigenvalue weighted by molar-refractivity contribution is 6.03. The molecule has 0 bridgehead atoms. The minimum atomic E-state index is -0.171. The highest BCUT2D eigenvalue weighted by Crippen LogP contribution is 2.28. The molecule has 82 valence electrons. The summed E-state index contributed by atoms with van der Waals surface area (Å²) in [6.45, 7) is 1.79. The van der Waals surface area contributed by atoms with E-state index in [1.807, 2.05) is 0 Å². The first-order valence-corrected chi connectivity index (χ1v) is 5.47. The zero-order valence-electron chi connectivity index (χ0n) is 8.86. The maximum atomic E-state index is 11.7. The van der Waals surface area contributed by atoms with Crippen LogP contribution in [0.15, 0.2) is 0 Å². The number of carbonyl (C=O) groups is 3. The van der Waals surface area contributed by atoms with E-state index < -0.39 is 0 Å². The first-order valence-electron chi connectivity index (χ1n) is 5.47. The van der Waals surface area contributed by atoms with Gasteiger partial charge in [-0.25, -0.2) is 0 Å². The molecule has 2 amide bonds. The zero-order chi connectivity index (χ0) is 11.0. The first kappa shape index (κ1) is 10.3. The average molecular weight is 209 g/mol. The standard InChI is InChI=1S/C11H15NO3/c1-7-6-10(14)12(11(7)15)8-2-4-9(13)5-3-8/h7-8H,2-6H2,1H3. The van der Waals surface area contributed by atoms with E-state index in [1.54, 1.807) is 6.92 Å². The molecular weight excluding hydrogens is 194 g/mol. The molecule has 1 saturated carbocycles. The topological polar surface area (TPSA) is 54.5 Å². The van der Waals surface area contributed by atoms with Crippen LogP contribution in [0.1, 0.15) is 39.0 Å². The van der Waals surface area contributed by atoms with Gasteiger partial charge < -0.3 is 0 Å². The summed E-state index contributed by atoms with van der Waals surface area (Å²) in [4.78, 5) is 35.8. The third kappa shape index (κ3) is 1.80. The quantitative estimate of drug-likeness (QED) is 0.603. The van der Waals surface area contributed by atoms with Gasteiger partial charge in [-0.15, -0.1) is 0 Å². The lowest BCUT2D eigenvalue weighted by molar-refractivity contribution is -0.144. The van der Waals surface area contributed by atoms with Crippen LogP contribution in [-0.2, 0) is 14.4 Å². The van der Waals surface area contributed by atoms with Crippen molar-refractivity contribution in [2.24, 2.45) is 5.92 Å². The molecule has 0 aromatic heterocycles. The van der Waals surface area contributed by atoms with Crippen LogP contribution < -0.4 is 0 Å². The summed E-state index contributed by atoms with van der Waals surface area (Å²) in [6, 6.07) is -0.0207. The van der Waals surface area contributed by atoms with Gasteiger partial charge in [0.05, 0.1) is 0 Å². The smallest absolute Gasteiger partial charge is 0.232 e. The number of ketones is 1. The van der Waals surface area contributed by atoms with Gasteiger partial charge in [0.25, 0.3) is 0 Å². The molecule has 1 unspecified atom stereocenters. The molecule has 2 aliphatic rings. The van der Waals surface area contributed by atoms with E-state index in [0.29, 0.717) is 32.1 Å². The monoisotopic (exact) mass is 209 g/mol. The Kier molecular flexibility index (Phi) is 2.59. The van der Waals surface area contributed by atoms with Crippen LogP contribution in [0.3, 0.4) is 0 Å². The van der Waals surface area contributed by atoms with Crippen LogP contribution in [0.4, 0.5) is 0 Å². The number of carbonyl (C=O) groups excluding carboxylic acids is 3. The van der Waals surface area contributed by atoms with Crippen molar-refractivity contribution in [1.82, 2.24) is 4.90 Å². The predicted molar refractivity (Wildman–Crippen MR) is 52.9 cm³/mol. The van der Waals surface area contributed by atoms with E-state index in [9.17, 15) is 14.4 Å². The van der Waals surface area contributed by atoms with Crippen LogP contribution >= 0.6 is 0 Å². The molecule has 15 heavy (non-hydrogen) atoms. The minimum absolute atomic E-state index is 0.0207. The molecule has 1 aliphatic heterocycles. The summed E-state index contributed by atoms with van der Waals surface area (Å²) in [5.41, 5.74) is 0. The van der Waals surface area contributed by atoms with Gasteiger partial charge >= 0.3 is 0 Å². The Morgan fingerprint density at radius 1 is 1.13 bits per heavy atom. The van der Waals surface area contributed by atoms with Gasteiger partial charge in [0.15, 0.2) is 0 Å². The molecule has 2 fully saturated rings. The SMILES string of the molecule is CC1CC(=O)N(C2CCC(=O)CC2)C1=O. The van der Waals surface area contributed by atoms with Crippen molar-refractivity contribution in [3.05, 3.63) is 0 Å². The van der Waals surface area contributed by atoms with Crippen molar-refractivity contribution < 1.29 is 14.4 Å².